The third-order valence-corrected chi connectivity index (χ3v) is 2.69. The maximum Gasteiger partial charge on any atom is 0.0714 e. The first-order valence-electron chi connectivity index (χ1n) is 4.01. The molecule has 0 aliphatic rings. The molecule has 1 aromatic carbocycles. The van der Waals surface area contributed by atoms with Gasteiger partial charge in [-0.25, -0.2) is 0 Å². The van der Waals surface area contributed by atoms with E-state index in [4.69, 9.17) is 5.41 Å². The zero-order valence-electron chi connectivity index (χ0n) is 7.37. The summed E-state index contributed by atoms with van der Waals surface area (Å²) in [7, 11) is 0. The lowest BCUT2D eigenvalue weighted by Gasteiger charge is -2.05. The summed E-state index contributed by atoms with van der Waals surface area (Å²) < 4.78 is 0. The van der Waals surface area contributed by atoms with Gasteiger partial charge in [0.25, 0.3) is 0 Å². The molecule has 1 rings (SSSR count). The third-order valence-electron chi connectivity index (χ3n) is 1.50. The van der Waals surface area contributed by atoms with Gasteiger partial charge in [-0.1, -0.05) is 43.8 Å². The van der Waals surface area contributed by atoms with E-state index >= 15 is 0 Å². The van der Waals surface area contributed by atoms with E-state index in [1.165, 1.54) is 11.8 Å². The summed E-state index contributed by atoms with van der Waals surface area (Å²) in [5.74, 6) is 0.329. The van der Waals surface area contributed by atoms with Crippen molar-refractivity contribution in [3.63, 3.8) is 0 Å². The number of hydrogen-bond acceptors (Lipinski definition) is 2. The first kappa shape index (κ1) is 9.33. The average molecular weight is 179 g/mol. The van der Waals surface area contributed by atoms with E-state index in [1.807, 2.05) is 44.2 Å². The molecule has 0 fully saturated rings. The van der Waals surface area contributed by atoms with Gasteiger partial charge in [-0.05, 0) is 12.1 Å². The van der Waals surface area contributed by atoms with E-state index < -0.39 is 0 Å². The van der Waals surface area contributed by atoms with Gasteiger partial charge in [-0.15, -0.1) is 0 Å². The predicted molar refractivity (Wildman–Crippen MR) is 54.9 cm³/mol. The van der Waals surface area contributed by atoms with Crippen molar-refractivity contribution < 1.29 is 0 Å². The molecule has 0 saturated carbocycles. The first-order chi connectivity index (χ1) is 5.70. The Balaban J connectivity index is 2.59. The Morgan fingerprint density at radius 1 is 1.25 bits per heavy atom. The first-order valence-corrected chi connectivity index (χ1v) is 4.83. The highest BCUT2D eigenvalue weighted by Crippen LogP contribution is 2.21. The molecule has 12 heavy (non-hydrogen) atoms. The van der Waals surface area contributed by atoms with E-state index in [-0.39, 0.29) is 0 Å². The van der Waals surface area contributed by atoms with Crippen LogP contribution < -0.4 is 0 Å². The van der Waals surface area contributed by atoms with Crippen LogP contribution in [0.1, 0.15) is 13.8 Å². The fraction of sp³-hybridized carbons (Fsp3) is 0.300. The van der Waals surface area contributed by atoms with Crippen LogP contribution in [0.25, 0.3) is 0 Å². The molecule has 0 saturated heterocycles. The van der Waals surface area contributed by atoms with Gasteiger partial charge in [0.05, 0.1) is 5.04 Å². The van der Waals surface area contributed by atoms with Gasteiger partial charge in [0, 0.05) is 10.8 Å². The Labute approximate surface area is 77.7 Å². The van der Waals surface area contributed by atoms with Gasteiger partial charge in [0.2, 0.25) is 0 Å². The van der Waals surface area contributed by atoms with Gasteiger partial charge in [0.1, 0.15) is 0 Å². The maximum atomic E-state index is 7.64. The molecule has 1 N–H and O–H groups in total. The van der Waals surface area contributed by atoms with E-state index in [9.17, 15) is 0 Å². The highest BCUT2D eigenvalue weighted by molar-refractivity contribution is 8.13. The molecule has 1 aromatic rings. The Morgan fingerprint density at radius 2 is 1.83 bits per heavy atom. The molecule has 0 spiro atoms. The van der Waals surface area contributed by atoms with Crippen molar-refractivity contribution in [3.05, 3.63) is 30.3 Å². The monoisotopic (exact) mass is 179 g/mol. The number of hydrogen-bond donors (Lipinski definition) is 1. The van der Waals surface area contributed by atoms with Crippen molar-refractivity contribution in [2.75, 3.05) is 0 Å². The third kappa shape index (κ3) is 2.70. The van der Waals surface area contributed by atoms with Gasteiger partial charge < -0.3 is 0 Å². The zero-order chi connectivity index (χ0) is 8.97. The fourth-order valence-electron chi connectivity index (χ4n) is 0.733. The molecule has 0 heterocycles. The molecule has 0 bridgehead atoms. The van der Waals surface area contributed by atoms with Crippen molar-refractivity contribution in [2.24, 2.45) is 5.92 Å². The van der Waals surface area contributed by atoms with Crippen molar-refractivity contribution in [3.8, 4) is 0 Å². The number of nitrogens with one attached hydrogen (secondary N) is 1. The topological polar surface area (TPSA) is 23.9 Å². The van der Waals surface area contributed by atoms with E-state index in [0.29, 0.717) is 5.92 Å². The summed E-state index contributed by atoms with van der Waals surface area (Å²) in [5.41, 5.74) is 0. The van der Waals surface area contributed by atoms with Crippen molar-refractivity contribution in [2.45, 2.75) is 18.7 Å². The van der Waals surface area contributed by atoms with Crippen LogP contribution in [0.4, 0.5) is 0 Å². The second-order valence-electron chi connectivity index (χ2n) is 2.93. The summed E-state index contributed by atoms with van der Waals surface area (Å²) >= 11 is 1.53. The Bertz CT molecular complexity index is 254. The zero-order valence-corrected chi connectivity index (χ0v) is 8.19. The van der Waals surface area contributed by atoms with Crippen LogP contribution >= 0.6 is 11.8 Å². The number of thioether (sulfide) groups is 1. The molecule has 0 amide bonds. The molecule has 0 aliphatic heterocycles. The lowest BCUT2D eigenvalue weighted by atomic mass is 10.2. The summed E-state index contributed by atoms with van der Waals surface area (Å²) in [5, 5.41) is 8.37. The van der Waals surface area contributed by atoms with E-state index in [1.54, 1.807) is 0 Å². The minimum absolute atomic E-state index is 0.329. The van der Waals surface area contributed by atoms with Crippen LogP contribution in [0.3, 0.4) is 0 Å². The molecular weight excluding hydrogens is 166 g/mol. The van der Waals surface area contributed by atoms with E-state index in [2.05, 4.69) is 0 Å². The SMILES string of the molecule is CC(C)C(=N)Sc1ccccc1. The summed E-state index contributed by atoms with van der Waals surface area (Å²) in [6, 6.07) is 10.0. The van der Waals surface area contributed by atoms with Crippen LogP contribution in [-0.4, -0.2) is 5.04 Å². The molecule has 2 heteroatoms. The second-order valence-corrected chi connectivity index (χ2v) is 4.05. The summed E-state index contributed by atoms with van der Waals surface area (Å²) in [6.45, 7) is 4.08. The number of rotatable bonds is 2. The normalized spacial score (nSPS) is 10.2. The Hall–Kier alpha value is -0.760. The molecule has 0 aromatic heterocycles. The molecular formula is C10H13NS. The van der Waals surface area contributed by atoms with Gasteiger partial charge >= 0.3 is 0 Å². The lowest BCUT2D eigenvalue weighted by Crippen LogP contribution is -1.99. The quantitative estimate of drug-likeness (QED) is 0.420. The highest BCUT2D eigenvalue weighted by atomic mass is 32.2. The maximum absolute atomic E-state index is 7.64. The molecule has 0 aliphatic carbocycles. The van der Waals surface area contributed by atoms with Gasteiger partial charge in [-0.3, -0.25) is 5.41 Å². The van der Waals surface area contributed by atoms with Gasteiger partial charge in [0.15, 0.2) is 0 Å². The molecule has 1 nitrogen and oxygen atoms in total. The minimum Gasteiger partial charge on any atom is -0.298 e. The van der Waals surface area contributed by atoms with Crippen LogP contribution in [-0.2, 0) is 0 Å². The van der Waals surface area contributed by atoms with Gasteiger partial charge in [-0.2, -0.15) is 0 Å². The van der Waals surface area contributed by atoms with E-state index in [0.717, 1.165) is 9.94 Å². The molecule has 64 valence electrons. The molecule has 0 radical (unpaired) electrons. The minimum atomic E-state index is 0.329. The Kier molecular flexibility index (Phi) is 3.35. The summed E-state index contributed by atoms with van der Waals surface area (Å²) in [4.78, 5) is 1.15. The molecule has 0 atom stereocenters. The van der Waals surface area contributed by atoms with Crippen LogP contribution in [0.5, 0.6) is 0 Å². The number of benzene rings is 1. The second kappa shape index (κ2) is 4.31. The van der Waals surface area contributed by atoms with Crippen LogP contribution in [0.2, 0.25) is 0 Å². The fourth-order valence-corrected chi connectivity index (χ4v) is 1.52. The lowest BCUT2D eigenvalue weighted by molar-refractivity contribution is 0.894. The Morgan fingerprint density at radius 3 is 2.33 bits per heavy atom. The predicted octanol–water partition coefficient (Wildman–Crippen LogP) is 3.41. The van der Waals surface area contributed by atoms with Crippen molar-refractivity contribution in [1.82, 2.24) is 0 Å². The van der Waals surface area contributed by atoms with Crippen LogP contribution in [0, 0.1) is 11.3 Å². The van der Waals surface area contributed by atoms with Crippen LogP contribution in [0.15, 0.2) is 35.2 Å². The average Bonchev–Trinajstić information content (AvgIpc) is 2.06. The molecule has 0 unspecified atom stereocenters. The van der Waals surface area contributed by atoms with Crippen molar-refractivity contribution >= 4 is 16.8 Å². The summed E-state index contributed by atoms with van der Waals surface area (Å²) in [6.07, 6.45) is 0. The van der Waals surface area contributed by atoms with Crippen molar-refractivity contribution in [1.29, 1.82) is 5.41 Å². The smallest absolute Gasteiger partial charge is 0.0714 e. The highest BCUT2D eigenvalue weighted by Gasteiger charge is 2.03. The largest absolute Gasteiger partial charge is 0.298 e. The standard InChI is InChI=1S/C10H13NS/c1-8(2)10(11)12-9-6-4-3-5-7-9/h3-8,11H,1-2H3.